The average molecular weight is 633 g/mol. The van der Waals surface area contributed by atoms with Crippen molar-refractivity contribution >= 4 is 39.1 Å². The van der Waals surface area contributed by atoms with Crippen LogP contribution in [0, 0.1) is 6.92 Å². The zero-order valence-electron chi connectivity index (χ0n) is 24.3. The third kappa shape index (κ3) is 7.94. The second kappa shape index (κ2) is 13.2. The van der Waals surface area contributed by atoms with Crippen molar-refractivity contribution < 1.29 is 31.1 Å². The topological polar surface area (TPSA) is 143 Å². The average Bonchev–Trinajstić information content (AvgIpc) is 3.49. The molecule has 12 nitrogen and oxygen atoms in total. The van der Waals surface area contributed by atoms with Gasteiger partial charge in [0.1, 0.15) is 17.1 Å². The number of rotatable bonds is 12. The van der Waals surface area contributed by atoms with Crippen LogP contribution >= 0.6 is 0 Å². The first kappa shape index (κ1) is 32.1. The molecule has 4 aromatic rings. The highest BCUT2D eigenvalue weighted by Crippen LogP contribution is 2.35. The lowest BCUT2D eigenvalue weighted by atomic mass is 10.1. The molecule has 0 aliphatic heterocycles. The Morgan fingerprint density at radius 2 is 1.93 bits per heavy atom. The van der Waals surface area contributed by atoms with Crippen LogP contribution in [0.15, 0.2) is 61.3 Å². The highest BCUT2D eigenvalue weighted by Gasteiger charge is 2.35. The summed E-state index contributed by atoms with van der Waals surface area (Å²) in [4.78, 5) is 24.5. The molecule has 2 aromatic heterocycles. The van der Waals surface area contributed by atoms with Gasteiger partial charge in [-0.2, -0.15) is 18.2 Å². The summed E-state index contributed by atoms with van der Waals surface area (Å²) in [5, 5.41) is 8.33. The minimum Gasteiger partial charge on any atom is -0.495 e. The van der Waals surface area contributed by atoms with Gasteiger partial charge in [-0.1, -0.05) is 12.1 Å². The van der Waals surface area contributed by atoms with E-state index in [1.165, 1.54) is 32.4 Å². The summed E-state index contributed by atoms with van der Waals surface area (Å²) in [5.74, 6) is -0.798. The molecule has 2 aromatic carbocycles. The largest absolute Gasteiger partial charge is 0.495 e. The molecule has 1 amide bonds. The van der Waals surface area contributed by atoms with Gasteiger partial charge in [0.2, 0.25) is 16.0 Å². The van der Waals surface area contributed by atoms with Crippen LogP contribution in [0.5, 0.6) is 5.75 Å². The van der Waals surface area contributed by atoms with E-state index in [4.69, 9.17) is 4.74 Å². The highest BCUT2D eigenvalue weighted by atomic mass is 32.2. The monoisotopic (exact) mass is 632 g/mol. The maximum Gasteiger partial charge on any atom is 0.421 e. The molecule has 16 heteroatoms. The number of carbonyl (C=O) groups is 1. The summed E-state index contributed by atoms with van der Waals surface area (Å²) >= 11 is 0. The van der Waals surface area contributed by atoms with Gasteiger partial charge in [0.05, 0.1) is 31.1 Å². The van der Waals surface area contributed by atoms with Gasteiger partial charge in [0.25, 0.3) is 5.91 Å². The highest BCUT2D eigenvalue weighted by molar-refractivity contribution is 7.92. The predicted molar refractivity (Wildman–Crippen MR) is 160 cm³/mol. The number of hydrogen-bond donors (Lipinski definition) is 3. The van der Waals surface area contributed by atoms with Crippen molar-refractivity contribution in [3.8, 4) is 5.75 Å². The van der Waals surface area contributed by atoms with Gasteiger partial charge >= 0.3 is 6.18 Å². The van der Waals surface area contributed by atoms with E-state index >= 15 is 0 Å². The number of ether oxygens (including phenoxy) is 1. The lowest BCUT2D eigenvalue weighted by Crippen LogP contribution is -2.27. The van der Waals surface area contributed by atoms with Crippen LogP contribution in [-0.2, 0) is 29.3 Å². The molecule has 0 unspecified atom stereocenters. The molecular weight excluding hydrogens is 601 g/mol. The Morgan fingerprint density at radius 3 is 2.59 bits per heavy atom. The van der Waals surface area contributed by atoms with Gasteiger partial charge in [-0.25, -0.2) is 18.4 Å². The summed E-state index contributed by atoms with van der Waals surface area (Å²) in [6.45, 7) is 2.51. The van der Waals surface area contributed by atoms with Gasteiger partial charge in [0, 0.05) is 50.8 Å². The number of benzene rings is 2. The molecule has 0 radical (unpaired) electrons. The van der Waals surface area contributed by atoms with Crippen molar-refractivity contribution in [2.75, 3.05) is 41.9 Å². The molecule has 0 fully saturated rings. The summed E-state index contributed by atoms with van der Waals surface area (Å²) in [5.41, 5.74) is 1.03. The third-order valence-corrected chi connectivity index (χ3v) is 7.73. The van der Waals surface area contributed by atoms with Crippen LogP contribution in [0.3, 0.4) is 0 Å². The smallest absolute Gasteiger partial charge is 0.421 e. The number of nitrogens with one attached hydrogen (secondary N) is 3. The minimum atomic E-state index is -4.77. The van der Waals surface area contributed by atoms with E-state index in [0.29, 0.717) is 41.8 Å². The molecule has 44 heavy (non-hydrogen) atoms. The van der Waals surface area contributed by atoms with E-state index in [2.05, 4.69) is 30.9 Å². The van der Waals surface area contributed by atoms with Gasteiger partial charge in [-0.3, -0.25) is 9.10 Å². The minimum absolute atomic E-state index is 0.164. The first-order valence-electron chi connectivity index (χ1n) is 13.2. The van der Waals surface area contributed by atoms with Gasteiger partial charge in [-0.05, 0) is 42.3 Å². The fourth-order valence-electron chi connectivity index (χ4n) is 4.13. The molecule has 0 saturated heterocycles. The van der Waals surface area contributed by atoms with Crippen LogP contribution in [0.2, 0.25) is 0 Å². The maximum absolute atomic E-state index is 13.9. The summed E-state index contributed by atoms with van der Waals surface area (Å²) in [7, 11) is -0.881. The summed E-state index contributed by atoms with van der Waals surface area (Å²) < 4.78 is 74.2. The Kier molecular flexibility index (Phi) is 9.62. The number of aromatic nitrogens is 4. The first-order valence-corrected chi connectivity index (χ1v) is 15.0. The number of sulfonamides is 1. The number of carbonyl (C=O) groups excluding carboxylic acids is 1. The van der Waals surface area contributed by atoms with E-state index in [0.717, 1.165) is 16.1 Å². The number of imidazole rings is 1. The van der Waals surface area contributed by atoms with Crippen LogP contribution in [-0.4, -0.2) is 60.8 Å². The van der Waals surface area contributed by atoms with E-state index in [-0.39, 0.29) is 24.1 Å². The number of hydrogen-bond acceptors (Lipinski definition) is 9. The lowest BCUT2D eigenvalue weighted by molar-refractivity contribution is -0.137. The molecule has 0 saturated carbocycles. The van der Waals surface area contributed by atoms with E-state index in [9.17, 15) is 26.4 Å². The fraction of sp³-hybridized carbons (Fsp3) is 0.286. The number of aryl methyl sites for hydroxylation is 1. The SMILES string of the molecule is COc1cc(C(=O)NCCn2ccnc2)ccc1Nc1ncc(C(F)(F)F)c(NCc2ccc(C)cc2N(C)S(C)(=O)=O)n1. The van der Waals surface area contributed by atoms with Crippen LogP contribution in [0.1, 0.15) is 27.0 Å². The van der Waals surface area contributed by atoms with E-state index < -0.39 is 27.6 Å². The van der Waals surface area contributed by atoms with E-state index in [1.54, 1.807) is 43.8 Å². The Balaban J connectivity index is 1.55. The van der Waals surface area contributed by atoms with Gasteiger partial charge < -0.3 is 25.3 Å². The number of alkyl halides is 3. The maximum atomic E-state index is 13.9. The number of methoxy groups -OCH3 is 1. The van der Waals surface area contributed by atoms with Gasteiger partial charge in [-0.15, -0.1) is 0 Å². The normalized spacial score (nSPS) is 11.6. The fourth-order valence-corrected chi connectivity index (χ4v) is 4.66. The van der Waals surface area contributed by atoms with E-state index in [1.807, 2.05) is 4.57 Å². The number of nitrogens with zero attached hydrogens (tertiary/aromatic N) is 5. The summed E-state index contributed by atoms with van der Waals surface area (Å²) in [6, 6.07) is 9.52. The Bertz CT molecular complexity index is 1730. The summed E-state index contributed by atoms with van der Waals surface area (Å²) in [6.07, 6.45) is 1.95. The zero-order valence-corrected chi connectivity index (χ0v) is 25.1. The van der Waals surface area contributed by atoms with Crippen molar-refractivity contribution in [3.63, 3.8) is 0 Å². The van der Waals surface area contributed by atoms with Crippen LogP contribution in [0.4, 0.5) is 36.3 Å². The van der Waals surface area contributed by atoms with Crippen molar-refractivity contribution in [1.82, 2.24) is 24.8 Å². The molecule has 4 rings (SSSR count). The number of halogens is 3. The zero-order chi connectivity index (χ0) is 32.1. The molecule has 234 valence electrons. The molecule has 0 aliphatic carbocycles. The number of amides is 1. The Labute approximate surface area is 252 Å². The molecule has 0 atom stereocenters. The van der Waals surface area contributed by atoms with Gasteiger partial charge in [0.15, 0.2) is 0 Å². The predicted octanol–water partition coefficient (Wildman–Crippen LogP) is 4.19. The third-order valence-electron chi connectivity index (χ3n) is 6.54. The Hall–Kier alpha value is -4.86. The quantitative estimate of drug-likeness (QED) is 0.210. The second-order valence-electron chi connectivity index (χ2n) is 9.77. The molecule has 2 heterocycles. The van der Waals surface area contributed by atoms with Crippen LogP contribution in [0.25, 0.3) is 0 Å². The first-order chi connectivity index (χ1) is 20.8. The van der Waals surface area contributed by atoms with Crippen molar-refractivity contribution in [1.29, 1.82) is 0 Å². The standard InChI is InChI=1S/C28H31F3N8O4S/c1-18-5-6-20(23(13-18)38(2)44(4,41)42)15-34-25-21(28(29,30)31)16-35-27(37-25)36-22-8-7-19(14-24(22)43-3)26(40)33-10-12-39-11-9-32-17-39/h5-9,11,13-14,16-17H,10,12,15H2,1-4H3,(H,33,40)(H2,34,35,36,37). The van der Waals surface area contributed by atoms with Crippen molar-refractivity contribution in [2.24, 2.45) is 0 Å². The Morgan fingerprint density at radius 1 is 1.16 bits per heavy atom. The molecule has 0 bridgehead atoms. The van der Waals surface area contributed by atoms with Crippen molar-refractivity contribution in [3.05, 3.63) is 83.6 Å². The molecule has 0 aliphatic rings. The number of anilines is 4. The second-order valence-corrected chi connectivity index (χ2v) is 11.8. The van der Waals surface area contributed by atoms with Crippen molar-refractivity contribution in [2.45, 2.75) is 26.2 Å². The molecule has 0 spiro atoms. The van der Waals surface area contributed by atoms with Crippen LogP contribution < -0.4 is 25.0 Å². The molecule has 3 N–H and O–H groups in total. The lowest BCUT2D eigenvalue weighted by Gasteiger charge is -2.22. The molecular formula is C28H31F3N8O4S.